The number of nitrogens with zero attached hydrogens (tertiary/aromatic N) is 3. The number of hydrogen-bond donors (Lipinski definition) is 1. The van der Waals surface area contributed by atoms with Gasteiger partial charge in [0.1, 0.15) is 22.8 Å². The third kappa shape index (κ3) is 4.49. The van der Waals surface area contributed by atoms with Crippen molar-refractivity contribution >= 4 is 16.9 Å². The molecule has 1 atom stereocenters. The minimum Gasteiger partial charge on any atom is -0.507 e. The highest BCUT2D eigenvalue weighted by molar-refractivity contribution is 5.92. The maximum atomic E-state index is 12.7. The topological polar surface area (TPSA) is 119 Å². The van der Waals surface area contributed by atoms with Gasteiger partial charge in [-0.2, -0.15) is 0 Å². The van der Waals surface area contributed by atoms with E-state index in [1.807, 2.05) is 12.1 Å². The van der Waals surface area contributed by atoms with Crippen LogP contribution in [0, 0.1) is 19.8 Å². The molecule has 1 N–H and O–H groups in total. The van der Waals surface area contributed by atoms with Gasteiger partial charge in [-0.05, 0) is 51.0 Å². The fourth-order valence-electron chi connectivity index (χ4n) is 4.36. The standard InChI is InChI=1S/C26H25N3O6/c1-15-23(30)16(2)26(32)35-24(15)22-11-18-10-19(5-6-21(18)34-22)33-14-17-4-3-9-29(13-17)25(31)20-12-27-7-8-28-20/h5-8,10-12,17,30H,3-4,9,13-14H2,1-2H3. The number of aromatic hydroxyl groups is 1. The Bertz CT molecular complexity index is 1440. The number of ether oxygens (including phenoxy) is 1. The smallest absolute Gasteiger partial charge is 0.343 e. The summed E-state index contributed by atoms with van der Waals surface area (Å²) in [7, 11) is 0. The van der Waals surface area contributed by atoms with Crippen molar-refractivity contribution in [2.75, 3.05) is 19.7 Å². The Morgan fingerprint density at radius 3 is 2.86 bits per heavy atom. The van der Waals surface area contributed by atoms with Crippen LogP contribution in [0.25, 0.3) is 22.5 Å². The van der Waals surface area contributed by atoms with E-state index in [0.717, 1.165) is 18.2 Å². The summed E-state index contributed by atoms with van der Waals surface area (Å²) in [6.45, 7) is 4.95. The van der Waals surface area contributed by atoms with Gasteiger partial charge in [-0.25, -0.2) is 9.78 Å². The Hall–Kier alpha value is -4.14. The van der Waals surface area contributed by atoms with Crippen LogP contribution in [-0.2, 0) is 0 Å². The molecule has 5 rings (SSSR count). The lowest BCUT2D eigenvalue weighted by Gasteiger charge is -2.32. The lowest BCUT2D eigenvalue weighted by atomic mass is 9.98. The molecule has 0 radical (unpaired) electrons. The third-order valence-electron chi connectivity index (χ3n) is 6.34. The molecule has 1 aliphatic heterocycles. The normalized spacial score (nSPS) is 15.9. The van der Waals surface area contributed by atoms with Crippen molar-refractivity contribution in [3.8, 4) is 23.0 Å². The highest BCUT2D eigenvalue weighted by atomic mass is 16.5. The summed E-state index contributed by atoms with van der Waals surface area (Å²) < 4.78 is 17.3. The fraction of sp³-hybridized carbons (Fsp3) is 0.308. The van der Waals surface area contributed by atoms with Crippen molar-refractivity contribution in [3.05, 3.63) is 70.1 Å². The number of rotatable bonds is 5. The Kier molecular flexibility index (Phi) is 5.98. The molecular weight excluding hydrogens is 450 g/mol. The molecule has 1 unspecified atom stereocenters. The van der Waals surface area contributed by atoms with Gasteiger partial charge in [0.05, 0.1) is 18.4 Å². The zero-order valence-electron chi connectivity index (χ0n) is 19.5. The number of carbonyl (C=O) groups is 1. The quantitative estimate of drug-likeness (QED) is 0.458. The van der Waals surface area contributed by atoms with Gasteiger partial charge in [0.2, 0.25) is 0 Å². The van der Waals surface area contributed by atoms with Gasteiger partial charge in [0, 0.05) is 42.4 Å². The molecule has 0 spiro atoms. The van der Waals surface area contributed by atoms with E-state index in [2.05, 4.69) is 9.97 Å². The molecular formula is C26H25N3O6. The van der Waals surface area contributed by atoms with E-state index in [9.17, 15) is 14.7 Å². The monoisotopic (exact) mass is 475 g/mol. The van der Waals surface area contributed by atoms with Crippen molar-refractivity contribution in [2.24, 2.45) is 5.92 Å². The van der Waals surface area contributed by atoms with E-state index >= 15 is 0 Å². The first-order chi connectivity index (χ1) is 16.9. The molecule has 35 heavy (non-hydrogen) atoms. The van der Waals surface area contributed by atoms with Crippen molar-refractivity contribution in [1.29, 1.82) is 0 Å². The van der Waals surface area contributed by atoms with Crippen LogP contribution in [0.5, 0.6) is 11.5 Å². The average Bonchev–Trinajstić information content (AvgIpc) is 3.31. The van der Waals surface area contributed by atoms with E-state index in [4.69, 9.17) is 13.6 Å². The van der Waals surface area contributed by atoms with Gasteiger partial charge in [0.15, 0.2) is 11.5 Å². The summed E-state index contributed by atoms with van der Waals surface area (Å²) in [5.74, 6) is 1.22. The number of amides is 1. The molecule has 1 amide bonds. The SMILES string of the molecule is Cc1c(-c2cc3cc(OCC4CCCN(C(=O)c5cnccn5)C4)ccc3o2)oc(=O)c(C)c1O. The minimum absolute atomic E-state index is 0.0972. The molecule has 3 aromatic heterocycles. The molecule has 0 saturated carbocycles. The first-order valence-corrected chi connectivity index (χ1v) is 11.5. The minimum atomic E-state index is -0.605. The summed E-state index contributed by atoms with van der Waals surface area (Å²) in [6, 6.07) is 7.22. The second-order valence-corrected chi connectivity index (χ2v) is 8.79. The van der Waals surface area contributed by atoms with Gasteiger partial charge in [0.25, 0.3) is 5.91 Å². The number of piperidine rings is 1. The van der Waals surface area contributed by atoms with Crippen LogP contribution in [-0.4, -0.2) is 45.6 Å². The van der Waals surface area contributed by atoms with Crippen LogP contribution in [0.3, 0.4) is 0 Å². The molecule has 1 aliphatic rings. The average molecular weight is 476 g/mol. The fourth-order valence-corrected chi connectivity index (χ4v) is 4.36. The number of aromatic nitrogens is 2. The molecule has 4 heterocycles. The maximum absolute atomic E-state index is 12.7. The molecule has 1 aromatic carbocycles. The predicted molar refractivity (Wildman–Crippen MR) is 127 cm³/mol. The zero-order chi connectivity index (χ0) is 24.5. The Labute approximate surface area is 201 Å². The number of fused-ring (bicyclic) bond motifs is 1. The molecule has 180 valence electrons. The second kappa shape index (κ2) is 9.25. The van der Waals surface area contributed by atoms with Crippen molar-refractivity contribution < 1.29 is 23.5 Å². The molecule has 9 nitrogen and oxygen atoms in total. The zero-order valence-corrected chi connectivity index (χ0v) is 19.5. The maximum Gasteiger partial charge on any atom is 0.343 e. The second-order valence-electron chi connectivity index (χ2n) is 8.79. The summed E-state index contributed by atoms with van der Waals surface area (Å²) >= 11 is 0. The van der Waals surface area contributed by atoms with Gasteiger partial charge in [-0.1, -0.05) is 0 Å². The third-order valence-corrected chi connectivity index (χ3v) is 6.34. The van der Waals surface area contributed by atoms with Crippen LogP contribution < -0.4 is 10.4 Å². The highest BCUT2D eigenvalue weighted by Crippen LogP contribution is 2.34. The van der Waals surface area contributed by atoms with Crippen LogP contribution in [0.15, 0.2) is 56.5 Å². The first kappa shape index (κ1) is 22.6. The van der Waals surface area contributed by atoms with Gasteiger partial charge in [-0.3, -0.25) is 9.78 Å². The van der Waals surface area contributed by atoms with Crippen LogP contribution >= 0.6 is 0 Å². The van der Waals surface area contributed by atoms with Crippen LogP contribution in [0.2, 0.25) is 0 Å². The lowest BCUT2D eigenvalue weighted by molar-refractivity contribution is 0.0627. The summed E-state index contributed by atoms with van der Waals surface area (Å²) in [5, 5.41) is 11.0. The van der Waals surface area contributed by atoms with E-state index < -0.39 is 5.63 Å². The summed E-state index contributed by atoms with van der Waals surface area (Å²) in [6.07, 6.45) is 6.42. The molecule has 9 heteroatoms. The molecule has 1 fully saturated rings. The molecule has 4 aromatic rings. The first-order valence-electron chi connectivity index (χ1n) is 11.5. The van der Waals surface area contributed by atoms with E-state index in [0.29, 0.717) is 48.0 Å². The highest BCUT2D eigenvalue weighted by Gasteiger charge is 2.26. The van der Waals surface area contributed by atoms with E-state index in [1.54, 1.807) is 30.2 Å². The Balaban J connectivity index is 1.28. The van der Waals surface area contributed by atoms with E-state index in [-0.39, 0.29) is 28.9 Å². The van der Waals surface area contributed by atoms with Gasteiger partial charge >= 0.3 is 5.63 Å². The summed E-state index contributed by atoms with van der Waals surface area (Å²) in [4.78, 5) is 34.6. The van der Waals surface area contributed by atoms with Gasteiger partial charge in [-0.15, -0.1) is 0 Å². The lowest BCUT2D eigenvalue weighted by Crippen LogP contribution is -2.41. The van der Waals surface area contributed by atoms with Crippen molar-refractivity contribution in [3.63, 3.8) is 0 Å². The molecule has 0 bridgehead atoms. The number of benzene rings is 1. The molecule has 0 aliphatic carbocycles. The summed E-state index contributed by atoms with van der Waals surface area (Å²) in [5.41, 5.74) is 0.955. The number of carbonyl (C=O) groups excluding carboxylic acids is 1. The van der Waals surface area contributed by atoms with E-state index in [1.165, 1.54) is 19.3 Å². The van der Waals surface area contributed by atoms with Crippen molar-refractivity contribution in [1.82, 2.24) is 14.9 Å². The molecule has 1 saturated heterocycles. The Morgan fingerprint density at radius 1 is 1.20 bits per heavy atom. The van der Waals surface area contributed by atoms with Crippen LogP contribution in [0.1, 0.15) is 34.5 Å². The number of hydrogen-bond acceptors (Lipinski definition) is 8. The largest absolute Gasteiger partial charge is 0.507 e. The van der Waals surface area contributed by atoms with Crippen molar-refractivity contribution in [2.45, 2.75) is 26.7 Å². The number of likely N-dealkylation sites (tertiary alicyclic amines) is 1. The van der Waals surface area contributed by atoms with Gasteiger partial charge < -0.3 is 23.6 Å². The Morgan fingerprint density at radius 2 is 2.06 bits per heavy atom. The van der Waals surface area contributed by atoms with Crippen LogP contribution in [0.4, 0.5) is 0 Å². The predicted octanol–water partition coefficient (Wildman–Crippen LogP) is 4.10. The number of furan rings is 1.